The molecule has 2 aromatic rings. The van der Waals surface area contributed by atoms with Gasteiger partial charge in [-0.3, -0.25) is 0 Å². The number of fused-ring (bicyclic) bond motifs is 1. The van der Waals surface area contributed by atoms with Crippen LogP contribution in [0.2, 0.25) is 0 Å². The van der Waals surface area contributed by atoms with Crippen LogP contribution in [0.15, 0.2) is 23.2 Å². The van der Waals surface area contributed by atoms with E-state index in [0.29, 0.717) is 12.0 Å². The second-order valence-corrected chi connectivity index (χ2v) is 5.55. The van der Waals surface area contributed by atoms with Gasteiger partial charge in [0.15, 0.2) is 0 Å². The molecule has 0 unspecified atom stereocenters. The van der Waals surface area contributed by atoms with Gasteiger partial charge in [0.25, 0.3) is 0 Å². The Morgan fingerprint density at radius 2 is 2.25 bits per heavy atom. The first-order valence-corrected chi connectivity index (χ1v) is 6.95. The van der Waals surface area contributed by atoms with Gasteiger partial charge >= 0.3 is 0 Å². The quantitative estimate of drug-likeness (QED) is 0.875. The third kappa shape index (κ3) is 2.12. The van der Waals surface area contributed by atoms with Crippen LogP contribution in [0, 0.1) is 11.7 Å². The average Bonchev–Trinajstić information content (AvgIpc) is 2.72. The van der Waals surface area contributed by atoms with E-state index >= 15 is 0 Å². The van der Waals surface area contributed by atoms with Crippen molar-refractivity contribution in [3.05, 3.63) is 29.8 Å². The summed E-state index contributed by atoms with van der Waals surface area (Å²) in [5, 5.41) is 0. The summed E-state index contributed by atoms with van der Waals surface area (Å²) in [5.74, 6) is 1.11. The molecule has 0 saturated heterocycles. The minimum Gasteiger partial charge on any atom is -0.323 e. The summed E-state index contributed by atoms with van der Waals surface area (Å²) in [6, 6.07) is 4.89. The fourth-order valence-corrected chi connectivity index (χ4v) is 2.96. The largest absolute Gasteiger partial charge is 0.323 e. The first-order valence-electron chi connectivity index (χ1n) is 6.95. The number of halogens is 1. The molecule has 0 radical (unpaired) electrons. The van der Waals surface area contributed by atoms with Crippen LogP contribution in [-0.4, -0.2) is 22.8 Å². The first kappa shape index (κ1) is 13.2. The molecule has 1 aliphatic rings. The van der Waals surface area contributed by atoms with Crippen LogP contribution in [0.5, 0.6) is 0 Å². The molecule has 1 aromatic heterocycles. The Hall–Kier alpha value is -1.75. The van der Waals surface area contributed by atoms with Crippen molar-refractivity contribution in [2.75, 3.05) is 7.05 Å². The third-order valence-electron chi connectivity index (χ3n) is 3.96. The molecular formula is C15H19FN4. The van der Waals surface area contributed by atoms with Crippen molar-refractivity contribution >= 4 is 17.2 Å². The van der Waals surface area contributed by atoms with Crippen LogP contribution in [0.3, 0.4) is 0 Å². The Kier molecular flexibility index (Phi) is 3.30. The van der Waals surface area contributed by atoms with E-state index in [1.165, 1.54) is 6.07 Å². The zero-order chi connectivity index (χ0) is 14.3. The second kappa shape index (κ2) is 4.98. The molecule has 1 aromatic carbocycles. The van der Waals surface area contributed by atoms with Crippen LogP contribution in [0.4, 0.5) is 4.39 Å². The number of nitrogens with zero attached hydrogens (tertiary/aromatic N) is 3. The number of imidazole rings is 1. The summed E-state index contributed by atoms with van der Waals surface area (Å²) in [7, 11) is 1.79. The fraction of sp³-hybridized carbons (Fsp3) is 0.467. The minimum atomic E-state index is -0.235. The molecule has 0 spiro atoms. The Bertz CT molecular complexity index is 653. The van der Waals surface area contributed by atoms with Crippen LogP contribution < -0.4 is 5.73 Å². The smallest absolute Gasteiger partial charge is 0.126 e. The first-order chi connectivity index (χ1) is 9.60. The van der Waals surface area contributed by atoms with Crippen molar-refractivity contribution in [1.82, 2.24) is 9.55 Å². The molecular weight excluding hydrogens is 255 g/mol. The van der Waals surface area contributed by atoms with Gasteiger partial charge in [-0.1, -0.05) is 0 Å². The van der Waals surface area contributed by atoms with E-state index in [1.807, 2.05) is 13.1 Å². The molecule has 1 atom stereocenters. The summed E-state index contributed by atoms with van der Waals surface area (Å²) in [6.07, 6.45) is 4.01. The highest BCUT2D eigenvalue weighted by atomic mass is 19.1. The molecule has 0 amide bonds. The molecule has 5 heteroatoms. The van der Waals surface area contributed by atoms with Crippen molar-refractivity contribution in [2.45, 2.75) is 31.8 Å². The van der Waals surface area contributed by atoms with E-state index in [0.717, 1.165) is 29.7 Å². The summed E-state index contributed by atoms with van der Waals surface area (Å²) >= 11 is 0. The molecule has 20 heavy (non-hydrogen) atoms. The lowest BCUT2D eigenvalue weighted by atomic mass is 9.80. The predicted octanol–water partition coefficient (Wildman–Crippen LogP) is 2.85. The zero-order valence-corrected chi connectivity index (χ0v) is 11.8. The van der Waals surface area contributed by atoms with Crippen molar-refractivity contribution in [1.29, 1.82) is 0 Å². The molecule has 2 N–H and O–H groups in total. The maximum absolute atomic E-state index is 13.5. The topological polar surface area (TPSA) is 56.2 Å². The molecule has 0 bridgehead atoms. The Balaban J connectivity index is 2.03. The van der Waals surface area contributed by atoms with Gasteiger partial charge in [-0.05, 0) is 43.9 Å². The van der Waals surface area contributed by atoms with Gasteiger partial charge in [-0.2, -0.15) is 0 Å². The monoisotopic (exact) mass is 274 g/mol. The van der Waals surface area contributed by atoms with Crippen LogP contribution in [0.1, 0.15) is 37.7 Å². The number of nitrogens with two attached hydrogens (primary N) is 1. The summed E-state index contributed by atoms with van der Waals surface area (Å²) in [6.45, 7) is 1.91. The third-order valence-corrected chi connectivity index (χ3v) is 3.96. The highest BCUT2D eigenvalue weighted by Crippen LogP contribution is 2.40. The standard InChI is InChI=1S/C15H19FN4/c1-9(17)15-19-13-4-3-11(16)7-14(13)20(15)12-5-10(6-12)8-18-2/h3-4,7-10,12H,5-6,17H2,1-2H3/t9-,10?,12?/m0/s1. The molecule has 0 aliphatic heterocycles. The molecule has 3 rings (SSSR count). The highest BCUT2D eigenvalue weighted by molar-refractivity contribution is 5.76. The van der Waals surface area contributed by atoms with Crippen molar-refractivity contribution in [3.63, 3.8) is 0 Å². The van der Waals surface area contributed by atoms with Gasteiger partial charge in [0.05, 0.1) is 17.1 Å². The molecule has 1 saturated carbocycles. The minimum absolute atomic E-state index is 0.163. The van der Waals surface area contributed by atoms with Gasteiger partial charge in [-0.15, -0.1) is 0 Å². The van der Waals surface area contributed by atoms with Gasteiger partial charge < -0.3 is 15.3 Å². The van der Waals surface area contributed by atoms with Gasteiger partial charge in [0.2, 0.25) is 0 Å². The van der Waals surface area contributed by atoms with Crippen LogP contribution >= 0.6 is 0 Å². The molecule has 1 aliphatic carbocycles. The summed E-state index contributed by atoms with van der Waals surface area (Å²) in [4.78, 5) is 8.64. The van der Waals surface area contributed by atoms with E-state index in [1.54, 1.807) is 19.2 Å². The van der Waals surface area contributed by atoms with Crippen molar-refractivity contribution < 1.29 is 4.39 Å². The lowest BCUT2D eigenvalue weighted by molar-refractivity contribution is 0.260. The Morgan fingerprint density at radius 1 is 1.50 bits per heavy atom. The molecule has 106 valence electrons. The number of aliphatic imine (C=N–C) groups is 1. The van der Waals surface area contributed by atoms with E-state index in [-0.39, 0.29) is 11.9 Å². The van der Waals surface area contributed by atoms with Gasteiger partial charge in [0, 0.05) is 19.3 Å². The maximum Gasteiger partial charge on any atom is 0.126 e. The molecule has 1 heterocycles. The number of benzene rings is 1. The average molecular weight is 274 g/mol. The zero-order valence-electron chi connectivity index (χ0n) is 11.8. The molecule has 1 fully saturated rings. The van der Waals surface area contributed by atoms with Crippen LogP contribution in [0.25, 0.3) is 11.0 Å². The van der Waals surface area contributed by atoms with E-state index in [9.17, 15) is 4.39 Å². The van der Waals surface area contributed by atoms with Crippen LogP contribution in [-0.2, 0) is 0 Å². The SMILES string of the molecule is CN=CC1CC(n2c([C@H](C)N)nc3ccc(F)cc32)C1. The maximum atomic E-state index is 13.5. The van der Waals surface area contributed by atoms with Crippen molar-refractivity contribution in [3.8, 4) is 0 Å². The van der Waals surface area contributed by atoms with E-state index in [2.05, 4.69) is 14.5 Å². The fourth-order valence-electron chi connectivity index (χ4n) is 2.96. The Labute approximate surface area is 117 Å². The van der Waals surface area contributed by atoms with E-state index in [4.69, 9.17) is 5.73 Å². The predicted molar refractivity (Wildman–Crippen MR) is 78.5 cm³/mol. The second-order valence-electron chi connectivity index (χ2n) is 5.55. The summed E-state index contributed by atoms with van der Waals surface area (Å²) in [5.41, 5.74) is 7.68. The normalized spacial score (nSPS) is 24.2. The lowest BCUT2D eigenvalue weighted by Gasteiger charge is -2.35. The number of aromatic nitrogens is 2. The van der Waals surface area contributed by atoms with Crippen molar-refractivity contribution in [2.24, 2.45) is 16.6 Å². The lowest BCUT2D eigenvalue weighted by Crippen LogP contribution is -2.30. The number of hydrogen-bond donors (Lipinski definition) is 1. The van der Waals surface area contributed by atoms with Gasteiger partial charge in [-0.25, -0.2) is 9.37 Å². The number of rotatable bonds is 3. The summed E-state index contributed by atoms with van der Waals surface area (Å²) < 4.78 is 15.6. The highest BCUT2D eigenvalue weighted by Gasteiger charge is 2.32. The molecule has 4 nitrogen and oxygen atoms in total. The van der Waals surface area contributed by atoms with E-state index < -0.39 is 0 Å². The van der Waals surface area contributed by atoms with Gasteiger partial charge in [0.1, 0.15) is 11.6 Å². The number of hydrogen-bond acceptors (Lipinski definition) is 3. The Morgan fingerprint density at radius 3 is 2.90 bits per heavy atom.